The summed E-state index contributed by atoms with van der Waals surface area (Å²) in [7, 11) is 4.71. The topological polar surface area (TPSA) is 87.5 Å². The van der Waals surface area contributed by atoms with Gasteiger partial charge in [-0.2, -0.15) is 0 Å². The molecule has 0 bridgehead atoms. The molecule has 1 saturated carbocycles. The zero-order chi connectivity index (χ0) is 22.2. The Morgan fingerprint density at radius 3 is 2.42 bits per heavy atom. The molecular weight excluding hydrogens is 416 g/mol. The Morgan fingerprint density at radius 2 is 1.84 bits per heavy atom. The molecule has 1 N–H and O–H groups in total. The largest absolute Gasteiger partial charge is 0.493 e. The van der Waals surface area contributed by atoms with E-state index in [4.69, 9.17) is 14.2 Å². The van der Waals surface area contributed by atoms with Gasteiger partial charge in [-0.3, -0.25) is 9.36 Å². The molecule has 3 rings (SSSR count). The van der Waals surface area contributed by atoms with Crippen LogP contribution in [-0.4, -0.2) is 53.8 Å². The van der Waals surface area contributed by atoms with Gasteiger partial charge in [0.25, 0.3) is 0 Å². The van der Waals surface area contributed by atoms with Crippen molar-refractivity contribution in [1.29, 1.82) is 0 Å². The third-order valence-electron chi connectivity index (χ3n) is 5.25. The molecule has 0 radical (unpaired) electrons. The molecule has 1 heterocycles. The van der Waals surface area contributed by atoms with E-state index in [1.165, 1.54) is 31.0 Å². The lowest BCUT2D eigenvalue weighted by atomic mass is 9.95. The second kappa shape index (κ2) is 11.1. The van der Waals surface area contributed by atoms with Crippen molar-refractivity contribution in [1.82, 2.24) is 20.1 Å². The summed E-state index contributed by atoms with van der Waals surface area (Å²) in [5, 5.41) is 12.5. The van der Waals surface area contributed by atoms with Gasteiger partial charge in [-0.25, -0.2) is 0 Å². The molecule has 0 spiro atoms. The minimum Gasteiger partial charge on any atom is -0.493 e. The number of hydrogen-bond acceptors (Lipinski definition) is 7. The van der Waals surface area contributed by atoms with Crippen LogP contribution in [0.5, 0.6) is 17.2 Å². The molecule has 1 aromatic carbocycles. The quantitative estimate of drug-likeness (QED) is 0.440. The van der Waals surface area contributed by atoms with Crippen molar-refractivity contribution in [3.05, 3.63) is 24.8 Å². The second-order valence-electron chi connectivity index (χ2n) is 7.31. The number of thioether (sulfide) groups is 1. The van der Waals surface area contributed by atoms with Gasteiger partial charge in [0.1, 0.15) is 0 Å². The van der Waals surface area contributed by atoms with E-state index in [1.54, 1.807) is 27.4 Å². The van der Waals surface area contributed by atoms with E-state index >= 15 is 0 Å². The van der Waals surface area contributed by atoms with Crippen LogP contribution in [0.3, 0.4) is 0 Å². The summed E-state index contributed by atoms with van der Waals surface area (Å²) in [5.41, 5.74) is 0.766. The molecule has 0 unspecified atom stereocenters. The number of methoxy groups -OCH3 is 3. The molecule has 168 valence electrons. The normalized spacial score (nSPS) is 14.2. The smallest absolute Gasteiger partial charge is 0.230 e. The summed E-state index contributed by atoms with van der Waals surface area (Å²) in [6, 6.07) is 3.95. The number of rotatable bonds is 10. The Kier molecular flexibility index (Phi) is 8.22. The van der Waals surface area contributed by atoms with Gasteiger partial charge in [0.15, 0.2) is 22.5 Å². The first-order chi connectivity index (χ1) is 15.1. The van der Waals surface area contributed by atoms with Crippen molar-refractivity contribution in [2.45, 2.75) is 49.8 Å². The van der Waals surface area contributed by atoms with Gasteiger partial charge in [0, 0.05) is 18.2 Å². The average molecular weight is 447 g/mol. The summed E-state index contributed by atoms with van der Waals surface area (Å²) in [6.45, 7) is 4.35. The maximum absolute atomic E-state index is 12.4. The molecular formula is C22H30N4O4S. The van der Waals surface area contributed by atoms with Crippen molar-refractivity contribution in [3.63, 3.8) is 0 Å². The van der Waals surface area contributed by atoms with Crippen LogP contribution in [0.15, 0.2) is 29.9 Å². The zero-order valence-electron chi connectivity index (χ0n) is 18.3. The number of benzene rings is 1. The summed E-state index contributed by atoms with van der Waals surface area (Å²) in [6.07, 6.45) is 7.53. The van der Waals surface area contributed by atoms with Gasteiger partial charge in [-0.15, -0.1) is 16.8 Å². The molecule has 1 aliphatic carbocycles. The van der Waals surface area contributed by atoms with Crippen LogP contribution < -0.4 is 19.5 Å². The zero-order valence-corrected chi connectivity index (χ0v) is 19.2. The minimum absolute atomic E-state index is 0.0272. The molecule has 1 amide bonds. The molecule has 1 fully saturated rings. The Morgan fingerprint density at radius 1 is 1.16 bits per heavy atom. The highest BCUT2D eigenvalue weighted by Gasteiger charge is 2.21. The fraction of sp³-hybridized carbons (Fsp3) is 0.500. The van der Waals surface area contributed by atoms with Gasteiger partial charge in [-0.1, -0.05) is 37.1 Å². The van der Waals surface area contributed by atoms with Crippen molar-refractivity contribution in [3.8, 4) is 28.6 Å². The van der Waals surface area contributed by atoms with Crippen molar-refractivity contribution in [2.75, 3.05) is 27.1 Å². The third kappa shape index (κ3) is 5.52. The van der Waals surface area contributed by atoms with Crippen molar-refractivity contribution >= 4 is 17.7 Å². The van der Waals surface area contributed by atoms with Crippen molar-refractivity contribution < 1.29 is 19.0 Å². The highest BCUT2D eigenvalue weighted by molar-refractivity contribution is 7.99. The van der Waals surface area contributed by atoms with Crippen LogP contribution in [-0.2, 0) is 11.3 Å². The lowest BCUT2D eigenvalue weighted by Crippen LogP contribution is -2.37. The molecule has 0 saturated heterocycles. The molecule has 0 aliphatic heterocycles. The highest BCUT2D eigenvalue weighted by atomic mass is 32.2. The highest BCUT2D eigenvalue weighted by Crippen LogP contribution is 2.41. The Bertz CT molecular complexity index is 884. The molecule has 31 heavy (non-hydrogen) atoms. The van der Waals surface area contributed by atoms with Crippen LogP contribution in [0.1, 0.15) is 32.1 Å². The number of allylic oxidation sites excluding steroid dienone is 1. The number of ether oxygens (including phenoxy) is 3. The molecule has 1 aromatic heterocycles. The van der Waals surface area contributed by atoms with Gasteiger partial charge in [0.05, 0.1) is 27.1 Å². The first-order valence-corrected chi connectivity index (χ1v) is 11.4. The van der Waals surface area contributed by atoms with E-state index in [0.717, 1.165) is 18.4 Å². The van der Waals surface area contributed by atoms with E-state index < -0.39 is 0 Å². The van der Waals surface area contributed by atoms with E-state index in [-0.39, 0.29) is 5.91 Å². The monoisotopic (exact) mass is 446 g/mol. The molecule has 1 aliphatic rings. The van der Waals surface area contributed by atoms with Gasteiger partial charge < -0.3 is 19.5 Å². The Balaban J connectivity index is 1.80. The first-order valence-electron chi connectivity index (χ1n) is 10.4. The minimum atomic E-state index is 0.0272. The maximum Gasteiger partial charge on any atom is 0.230 e. The molecule has 9 heteroatoms. The standard InChI is InChI=1S/C22H30N4O4S/c1-5-11-26-21(15-12-17(28-2)20(30-4)18(13-15)29-3)24-25-22(26)31-14-19(27)23-16-9-7-6-8-10-16/h5,12-13,16H,1,6-11,14H2,2-4H3,(H,23,27). The number of aromatic nitrogens is 3. The fourth-order valence-electron chi connectivity index (χ4n) is 3.76. The van der Waals surface area contributed by atoms with Crippen LogP contribution in [0.2, 0.25) is 0 Å². The predicted octanol–water partition coefficient (Wildman–Crippen LogP) is 3.70. The van der Waals surface area contributed by atoms with Crippen LogP contribution in [0, 0.1) is 0 Å². The lowest BCUT2D eigenvalue weighted by Gasteiger charge is -2.22. The summed E-state index contributed by atoms with van der Waals surface area (Å²) in [4.78, 5) is 12.4. The summed E-state index contributed by atoms with van der Waals surface area (Å²) >= 11 is 1.37. The first kappa shape index (κ1) is 23.0. The number of nitrogens with zero attached hydrogens (tertiary/aromatic N) is 3. The average Bonchev–Trinajstić information content (AvgIpc) is 3.20. The lowest BCUT2D eigenvalue weighted by molar-refractivity contribution is -0.119. The van der Waals surface area contributed by atoms with E-state index in [2.05, 4.69) is 22.1 Å². The van der Waals surface area contributed by atoms with E-state index in [0.29, 0.717) is 46.6 Å². The number of nitrogens with one attached hydrogen (secondary N) is 1. The van der Waals surface area contributed by atoms with Gasteiger partial charge in [0.2, 0.25) is 11.7 Å². The Labute approximate surface area is 187 Å². The Hall–Kier alpha value is -2.68. The number of amides is 1. The van der Waals surface area contributed by atoms with Crippen LogP contribution >= 0.6 is 11.8 Å². The number of carbonyl (C=O) groups is 1. The van der Waals surface area contributed by atoms with Crippen LogP contribution in [0.25, 0.3) is 11.4 Å². The number of carbonyl (C=O) groups excluding carboxylic acids is 1. The van der Waals surface area contributed by atoms with Crippen molar-refractivity contribution in [2.24, 2.45) is 0 Å². The third-order valence-corrected chi connectivity index (χ3v) is 6.22. The maximum atomic E-state index is 12.4. The predicted molar refractivity (Wildman–Crippen MR) is 121 cm³/mol. The van der Waals surface area contributed by atoms with E-state index in [1.807, 2.05) is 16.7 Å². The molecule has 8 nitrogen and oxygen atoms in total. The summed E-state index contributed by atoms with van der Waals surface area (Å²) in [5.74, 6) is 2.53. The fourth-order valence-corrected chi connectivity index (χ4v) is 4.52. The molecule has 2 aromatic rings. The SMILES string of the molecule is C=CCn1c(SCC(=O)NC2CCCCC2)nnc1-c1cc(OC)c(OC)c(OC)c1. The van der Waals surface area contributed by atoms with Gasteiger partial charge >= 0.3 is 0 Å². The van der Waals surface area contributed by atoms with Gasteiger partial charge in [-0.05, 0) is 25.0 Å². The van der Waals surface area contributed by atoms with E-state index in [9.17, 15) is 4.79 Å². The van der Waals surface area contributed by atoms with Crippen LogP contribution in [0.4, 0.5) is 0 Å². The second-order valence-corrected chi connectivity index (χ2v) is 8.25. The molecule has 0 atom stereocenters. The summed E-state index contributed by atoms with van der Waals surface area (Å²) < 4.78 is 18.2. The number of hydrogen-bond donors (Lipinski definition) is 1.